The molecule has 0 radical (unpaired) electrons. The van der Waals surface area contributed by atoms with Gasteiger partial charge in [-0.1, -0.05) is 307 Å². The fraction of sp³-hybridized carbons (Fsp3) is 0.884. The summed E-state index contributed by atoms with van der Waals surface area (Å²) >= 11 is 0. The molecule has 0 saturated heterocycles. The van der Waals surface area contributed by atoms with Crippen LogP contribution in [0.4, 0.5) is 0 Å². The molecule has 0 fully saturated rings. The molecule has 0 aliphatic carbocycles. The second-order valence-corrected chi connectivity index (χ2v) is 23.1. The Balaban J connectivity index is 3.39. The Kier molecular flexibility index (Phi) is 63.0. The molecule has 0 aliphatic rings. The van der Waals surface area contributed by atoms with Crippen molar-refractivity contribution in [2.24, 2.45) is 0 Å². The van der Waals surface area contributed by atoms with Crippen molar-refractivity contribution in [3.63, 3.8) is 0 Å². The van der Waals surface area contributed by atoms with Crippen molar-refractivity contribution >= 4 is 11.9 Å². The zero-order valence-electron chi connectivity index (χ0n) is 50.5. The number of amides is 1. The van der Waals surface area contributed by atoms with Crippen molar-refractivity contribution in [1.29, 1.82) is 0 Å². The summed E-state index contributed by atoms with van der Waals surface area (Å²) in [4.78, 5) is 24.5. The van der Waals surface area contributed by atoms with Gasteiger partial charge in [0.1, 0.15) is 0 Å². The van der Waals surface area contributed by atoms with E-state index in [1.165, 1.54) is 295 Å². The van der Waals surface area contributed by atoms with Crippen LogP contribution < -0.4 is 5.32 Å². The predicted molar refractivity (Wildman–Crippen MR) is 329 cm³/mol. The van der Waals surface area contributed by atoms with Crippen molar-refractivity contribution in [1.82, 2.24) is 5.32 Å². The smallest absolute Gasteiger partial charge is 0.305 e. The fourth-order valence-corrected chi connectivity index (χ4v) is 10.4. The van der Waals surface area contributed by atoms with Crippen LogP contribution in [0.2, 0.25) is 0 Å². The highest BCUT2D eigenvalue weighted by atomic mass is 16.5. The van der Waals surface area contributed by atoms with Crippen molar-refractivity contribution in [2.75, 3.05) is 13.2 Å². The summed E-state index contributed by atoms with van der Waals surface area (Å²) in [5, 5.41) is 23.2. The van der Waals surface area contributed by atoms with Crippen molar-refractivity contribution in [3.8, 4) is 0 Å². The van der Waals surface area contributed by atoms with Gasteiger partial charge < -0.3 is 20.3 Å². The SMILES string of the molecule is CCCCCC/C=C\CCCCCCCC(=O)OCCCCCCCCCCCCCC/C=C\CCCCCCCCCCCCCCCC(=O)NC(CO)C(O)/C=C/CCCCCCCCCCCCCCCC. The van der Waals surface area contributed by atoms with Gasteiger partial charge in [0.15, 0.2) is 0 Å². The normalized spacial score (nSPS) is 12.7. The van der Waals surface area contributed by atoms with E-state index in [-0.39, 0.29) is 18.5 Å². The fourth-order valence-electron chi connectivity index (χ4n) is 10.4. The molecule has 0 aromatic rings. The average Bonchev–Trinajstić information content (AvgIpc) is 3.41. The minimum Gasteiger partial charge on any atom is -0.466 e. The van der Waals surface area contributed by atoms with E-state index >= 15 is 0 Å². The van der Waals surface area contributed by atoms with Crippen LogP contribution in [0.1, 0.15) is 367 Å². The second-order valence-electron chi connectivity index (χ2n) is 23.1. The molecule has 0 aromatic heterocycles. The molecule has 0 aromatic carbocycles. The highest BCUT2D eigenvalue weighted by Gasteiger charge is 2.18. The molecule has 6 nitrogen and oxygen atoms in total. The number of hydrogen-bond acceptors (Lipinski definition) is 5. The third kappa shape index (κ3) is 61.2. The van der Waals surface area contributed by atoms with Crippen molar-refractivity contribution in [3.05, 3.63) is 36.5 Å². The minimum absolute atomic E-state index is 0.00703. The van der Waals surface area contributed by atoms with Gasteiger partial charge in [0.2, 0.25) is 5.91 Å². The number of carbonyl (C=O) groups excluding carboxylic acids is 2. The zero-order chi connectivity index (χ0) is 54.3. The molecular weight excluding hydrogens is 923 g/mol. The molecule has 0 heterocycles. The van der Waals surface area contributed by atoms with Gasteiger partial charge in [0, 0.05) is 12.8 Å². The van der Waals surface area contributed by atoms with Crippen LogP contribution in [0.3, 0.4) is 0 Å². The maximum absolute atomic E-state index is 12.5. The topological polar surface area (TPSA) is 95.9 Å². The Hall–Kier alpha value is -1.92. The number of ether oxygens (including phenoxy) is 1. The lowest BCUT2D eigenvalue weighted by molar-refractivity contribution is -0.143. The number of carbonyl (C=O) groups is 2. The van der Waals surface area contributed by atoms with Crippen LogP contribution in [0.15, 0.2) is 36.5 Å². The quantitative estimate of drug-likeness (QED) is 0.0320. The summed E-state index contributed by atoms with van der Waals surface area (Å²) < 4.78 is 5.48. The maximum atomic E-state index is 12.5. The van der Waals surface area contributed by atoms with Gasteiger partial charge in [-0.2, -0.15) is 0 Å². The summed E-state index contributed by atoms with van der Waals surface area (Å²) in [6, 6.07) is -0.627. The van der Waals surface area contributed by atoms with Crippen LogP contribution in [0, 0.1) is 0 Å². The number of allylic oxidation sites excluding steroid dienone is 5. The number of esters is 1. The summed E-state index contributed by atoms with van der Waals surface area (Å²) in [5.41, 5.74) is 0. The van der Waals surface area contributed by atoms with Gasteiger partial charge in [-0.05, 0) is 83.5 Å². The van der Waals surface area contributed by atoms with E-state index in [2.05, 4.69) is 43.5 Å². The first kappa shape index (κ1) is 73.1. The van der Waals surface area contributed by atoms with Crippen LogP contribution >= 0.6 is 0 Å². The molecule has 0 spiro atoms. The molecular formula is C69H131NO5. The molecule has 3 N–H and O–H groups in total. The van der Waals surface area contributed by atoms with Crippen LogP contribution in [0.5, 0.6) is 0 Å². The Morgan fingerprint density at radius 2 is 0.627 bits per heavy atom. The lowest BCUT2D eigenvalue weighted by atomic mass is 10.0. The highest BCUT2D eigenvalue weighted by molar-refractivity contribution is 5.76. The van der Waals surface area contributed by atoms with E-state index in [0.29, 0.717) is 19.4 Å². The van der Waals surface area contributed by atoms with Gasteiger partial charge in [0.05, 0.1) is 25.4 Å². The van der Waals surface area contributed by atoms with Crippen LogP contribution in [0.25, 0.3) is 0 Å². The van der Waals surface area contributed by atoms with Crippen LogP contribution in [-0.2, 0) is 14.3 Å². The zero-order valence-corrected chi connectivity index (χ0v) is 50.5. The number of aliphatic hydroxyl groups is 2. The Labute approximate surface area is 468 Å². The maximum Gasteiger partial charge on any atom is 0.305 e. The van der Waals surface area contributed by atoms with Gasteiger partial charge in [-0.15, -0.1) is 0 Å². The lowest BCUT2D eigenvalue weighted by Gasteiger charge is -2.20. The Bertz CT molecular complexity index is 1210. The number of rotatable bonds is 63. The number of aliphatic hydroxyl groups excluding tert-OH is 2. The minimum atomic E-state index is -0.844. The summed E-state index contributed by atoms with van der Waals surface area (Å²) in [6.07, 6.45) is 82.1. The third-order valence-electron chi connectivity index (χ3n) is 15.6. The Morgan fingerprint density at radius 1 is 0.360 bits per heavy atom. The number of nitrogens with one attached hydrogen (secondary N) is 1. The van der Waals surface area contributed by atoms with Gasteiger partial charge in [-0.25, -0.2) is 0 Å². The molecule has 1 amide bonds. The molecule has 0 bridgehead atoms. The van der Waals surface area contributed by atoms with E-state index in [9.17, 15) is 19.8 Å². The monoisotopic (exact) mass is 1050 g/mol. The third-order valence-corrected chi connectivity index (χ3v) is 15.6. The van der Waals surface area contributed by atoms with E-state index in [4.69, 9.17) is 4.74 Å². The predicted octanol–water partition coefficient (Wildman–Crippen LogP) is 21.5. The highest BCUT2D eigenvalue weighted by Crippen LogP contribution is 2.18. The summed E-state index contributed by atoms with van der Waals surface area (Å²) in [7, 11) is 0. The van der Waals surface area contributed by atoms with E-state index < -0.39 is 12.1 Å². The van der Waals surface area contributed by atoms with Gasteiger partial charge in [-0.3, -0.25) is 9.59 Å². The molecule has 0 rings (SSSR count). The van der Waals surface area contributed by atoms with E-state index in [1.807, 2.05) is 6.08 Å². The standard InChI is InChI=1S/C69H131NO5/c1-3-5-7-9-11-13-15-17-18-34-38-41-45-49-53-57-61-67(72)66(65-71)70-68(73)62-58-54-50-46-42-39-35-32-30-28-26-24-22-20-19-21-23-25-27-29-31-33-36-40-44-48-52-56-60-64-75-69(74)63-59-55-51-47-43-37-16-14-12-10-8-6-4-2/h14,16,19,21,57,61,66-67,71-72H,3-13,15,17-18,20,22-56,58-60,62-65H2,1-2H3,(H,70,73)/b16-14-,21-19-,61-57+. The van der Waals surface area contributed by atoms with Crippen molar-refractivity contribution < 1.29 is 24.5 Å². The largest absolute Gasteiger partial charge is 0.466 e. The first-order valence-corrected chi connectivity index (χ1v) is 33.8. The molecule has 0 aliphatic heterocycles. The second kappa shape index (κ2) is 64.6. The molecule has 2 unspecified atom stereocenters. The lowest BCUT2D eigenvalue weighted by Crippen LogP contribution is -2.45. The van der Waals surface area contributed by atoms with Gasteiger partial charge in [0.25, 0.3) is 0 Å². The first-order valence-electron chi connectivity index (χ1n) is 33.8. The average molecular weight is 1050 g/mol. The number of hydrogen-bond donors (Lipinski definition) is 3. The first-order chi connectivity index (χ1) is 37.0. The molecule has 6 heteroatoms. The van der Waals surface area contributed by atoms with Crippen molar-refractivity contribution in [2.45, 2.75) is 379 Å². The summed E-state index contributed by atoms with van der Waals surface area (Å²) in [6.45, 7) is 4.91. The molecule has 442 valence electrons. The van der Waals surface area contributed by atoms with E-state index in [1.54, 1.807) is 6.08 Å². The van der Waals surface area contributed by atoms with Crippen LogP contribution in [-0.4, -0.2) is 47.4 Å². The molecule has 2 atom stereocenters. The van der Waals surface area contributed by atoms with Gasteiger partial charge >= 0.3 is 5.97 Å². The number of unbranched alkanes of at least 4 members (excludes halogenated alkanes) is 48. The molecule has 0 saturated carbocycles. The summed E-state index contributed by atoms with van der Waals surface area (Å²) in [5.74, 6) is -0.0580. The molecule has 75 heavy (non-hydrogen) atoms. The van der Waals surface area contributed by atoms with E-state index in [0.717, 1.165) is 44.9 Å². The Morgan fingerprint density at radius 3 is 0.960 bits per heavy atom.